The van der Waals surface area contributed by atoms with Gasteiger partial charge < -0.3 is 25.3 Å². The fourth-order valence-electron chi connectivity index (χ4n) is 7.88. The minimum atomic E-state index is 0.0970. The lowest BCUT2D eigenvalue weighted by Crippen LogP contribution is -2.56. The number of hydrogen-bond acceptors (Lipinski definition) is 7. The highest BCUT2D eigenvalue weighted by Crippen LogP contribution is 2.43. The van der Waals surface area contributed by atoms with Crippen molar-refractivity contribution in [2.24, 2.45) is 12.5 Å². The Balaban J connectivity index is 1.02. The fraction of sp³-hybridized carbons (Fsp3) is 0.333. The SMILES string of the molecule is COc1cc(-c2nccc(-c3cccc(-c4ccc5c(CN6CC7(CNC(=O)C7)C6)cn(C)c5n4)c3Cl)c2Cl)ccc1CNC[C@@H]1CCC(=O)N1. The zero-order valence-electron chi connectivity index (χ0n) is 28.6. The predicted molar refractivity (Wildman–Crippen MR) is 200 cm³/mol. The molecule has 3 aliphatic heterocycles. The zero-order valence-corrected chi connectivity index (χ0v) is 30.1. The molecule has 0 aliphatic carbocycles. The van der Waals surface area contributed by atoms with Gasteiger partial charge >= 0.3 is 0 Å². The monoisotopic (exact) mass is 723 g/mol. The molecule has 2 aromatic carbocycles. The molecule has 2 amide bonds. The minimum absolute atomic E-state index is 0.0970. The summed E-state index contributed by atoms with van der Waals surface area (Å²) in [5.41, 5.74) is 7.79. The molecule has 10 nitrogen and oxygen atoms in total. The number of benzene rings is 2. The second kappa shape index (κ2) is 13.6. The van der Waals surface area contributed by atoms with E-state index in [1.165, 1.54) is 5.56 Å². The number of ether oxygens (including phenoxy) is 1. The van der Waals surface area contributed by atoms with Gasteiger partial charge in [-0.3, -0.25) is 19.5 Å². The number of rotatable bonds is 10. The number of carbonyl (C=O) groups excluding carboxylic acids is 2. The molecule has 0 saturated carbocycles. The Kier molecular flexibility index (Phi) is 8.96. The first-order valence-electron chi connectivity index (χ1n) is 17.3. The van der Waals surface area contributed by atoms with E-state index >= 15 is 0 Å². The number of fused-ring (bicyclic) bond motifs is 1. The quantitative estimate of drug-likeness (QED) is 0.163. The number of likely N-dealkylation sites (tertiary alicyclic amines) is 1. The van der Waals surface area contributed by atoms with Crippen molar-refractivity contribution < 1.29 is 14.3 Å². The van der Waals surface area contributed by atoms with Gasteiger partial charge in [0.1, 0.15) is 11.4 Å². The van der Waals surface area contributed by atoms with E-state index in [1.54, 1.807) is 13.3 Å². The smallest absolute Gasteiger partial charge is 0.220 e. The van der Waals surface area contributed by atoms with Gasteiger partial charge in [-0.2, -0.15) is 0 Å². The number of hydrogen-bond donors (Lipinski definition) is 3. The molecule has 6 heterocycles. The van der Waals surface area contributed by atoms with Crippen LogP contribution in [0.25, 0.3) is 44.7 Å². The maximum Gasteiger partial charge on any atom is 0.220 e. The zero-order chi connectivity index (χ0) is 35.3. The summed E-state index contributed by atoms with van der Waals surface area (Å²) in [5, 5.41) is 11.6. The van der Waals surface area contributed by atoms with Crippen LogP contribution in [0.5, 0.6) is 5.75 Å². The van der Waals surface area contributed by atoms with Crippen LogP contribution in [-0.4, -0.2) is 70.6 Å². The van der Waals surface area contributed by atoms with Gasteiger partial charge in [0.2, 0.25) is 11.8 Å². The molecule has 8 rings (SSSR count). The maximum atomic E-state index is 11.8. The lowest BCUT2D eigenvalue weighted by Gasteiger charge is -2.47. The summed E-state index contributed by atoms with van der Waals surface area (Å²) in [6, 6.07) is 18.1. The lowest BCUT2D eigenvalue weighted by molar-refractivity contribution is -0.121. The van der Waals surface area contributed by atoms with Crippen molar-refractivity contribution in [2.45, 2.75) is 38.4 Å². The number of aryl methyl sites for hydroxylation is 1. The van der Waals surface area contributed by atoms with Crippen molar-refractivity contribution in [1.82, 2.24) is 35.4 Å². The molecule has 1 atom stereocenters. The average molecular weight is 725 g/mol. The molecular formula is C39H39Cl2N7O3. The Morgan fingerprint density at radius 3 is 2.59 bits per heavy atom. The van der Waals surface area contributed by atoms with Gasteiger partial charge in [0.25, 0.3) is 0 Å². The van der Waals surface area contributed by atoms with Gasteiger partial charge in [0.15, 0.2) is 0 Å². The molecule has 0 unspecified atom stereocenters. The Morgan fingerprint density at radius 1 is 1.00 bits per heavy atom. The largest absolute Gasteiger partial charge is 0.496 e. The molecule has 3 aliphatic rings. The van der Waals surface area contributed by atoms with E-state index in [0.29, 0.717) is 41.7 Å². The van der Waals surface area contributed by atoms with Crippen LogP contribution in [0.2, 0.25) is 10.0 Å². The maximum absolute atomic E-state index is 11.8. The molecule has 1 spiro atoms. The van der Waals surface area contributed by atoms with E-state index in [9.17, 15) is 9.59 Å². The first kappa shape index (κ1) is 33.7. The van der Waals surface area contributed by atoms with Gasteiger partial charge in [0.05, 0.1) is 28.5 Å². The Hall–Kier alpha value is -4.48. The van der Waals surface area contributed by atoms with E-state index < -0.39 is 0 Å². The van der Waals surface area contributed by atoms with Gasteiger partial charge in [-0.15, -0.1) is 0 Å². The second-order valence-corrected chi connectivity index (χ2v) is 14.8. The van der Waals surface area contributed by atoms with E-state index in [2.05, 4.69) is 42.7 Å². The predicted octanol–water partition coefficient (Wildman–Crippen LogP) is 5.97. The van der Waals surface area contributed by atoms with Crippen LogP contribution in [0, 0.1) is 5.41 Å². The fourth-order valence-corrected chi connectivity index (χ4v) is 8.53. The molecule has 0 radical (unpaired) electrons. The summed E-state index contributed by atoms with van der Waals surface area (Å²) < 4.78 is 7.82. The third-order valence-corrected chi connectivity index (χ3v) is 11.2. The van der Waals surface area contributed by atoms with Crippen molar-refractivity contribution >= 4 is 46.0 Å². The first-order valence-corrected chi connectivity index (χ1v) is 18.0. The van der Waals surface area contributed by atoms with Crippen molar-refractivity contribution in [2.75, 3.05) is 33.3 Å². The molecular weight excluding hydrogens is 685 g/mol. The Labute approximate surface area is 306 Å². The van der Waals surface area contributed by atoms with Crippen LogP contribution >= 0.6 is 23.2 Å². The van der Waals surface area contributed by atoms with E-state index in [0.717, 1.165) is 82.9 Å². The van der Waals surface area contributed by atoms with Crippen LogP contribution in [0.1, 0.15) is 30.4 Å². The van der Waals surface area contributed by atoms with Crippen molar-refractivity contribution in [3.05, 3.63) is 88.2 Å². The van der Waals surface area contributed by atoms with Crippen LogP contribution in [0.3, 0.4) is 0 Å². The molecule has 3 aromatic heterocycles. The summed E-state index contributed by atoms with van der Waals surface area (Å²) in [5.74, 6) is 0.993. The molecule has 3 N–H and O–H groups in total. The molecule has 5 aromatic rings. The second-order valence-electron chi connectivity index (χ2n) is 14.1. The third kappa shape index (κ3) is 6.46. The normalized spacial score (nSPS) is 18.3. The third-order valence-electron chi connectivity index (χ3n) is 10.4. The van der Waals surface area contributed by atoms with Crippen LogP contribution < -0.4 is 20.7 Å². The molecule has 51 heavy (non-hydrogen) atoms. The summed E-state index contributed by atoms with van der Waals surface area (Å²) in [7, 11) is 3.67. The van der Waals surface area contributed by atoms with E-state index in [4.69, 9.17) is 32.9 Å². The minimum Gasteiger partial charge on any atom is -0.496 e. The Morgan fingerprint density at radius 2 is 1.82 bits per heavy atom. The summed E-state index contributed by atoms with van der Waals surface area (Å²) in [6.07, 6.45) is 5.95. The number of methoxy groups -OCH3 is 1. The van der Waals surface area contributed by atoms with Gasteiger partial charge in [-0.1, -0.05) is 53.5 Å². The number of nitrogens with one attached hydrogen (secondary N) is 3. The van der Waals surface area contributed by atoms with E-state index in [-0.39, 0.29) is 23.3 Å². The van der Waals surface area contributed by atoms with Gasteiger partial charge in [-0.25, -0.2) is 4.98 Å². The Bertz CT molecular complexity index is 2180. The first-order chi connectivity index (χ1) is 24.7. The van der Waals surface area contributed by atoms with Crippen molar-refractivity contribution in [3.63, 3.8) is 0 Å². The van der Waals surface area contributed by atoms with Crippen molar-refractivity contribution in [1.29, 1.82) is 0 Å². The highest BCUT2D eigenvalue weighted by atomic mass is 35.5. The summed E-state index contributed by atoms with van der Waals surface area (Å²) >= 11 is 14.3. The van der Waals surface area contributed by atoms with Gasteiger partial charge in [-0.05, 0) is 36.2 Å². The number of halogens is 2. The number of nitrogens with zero attached hydrogens (tertiary/aromatic N) is 4. The lowest BCUT2D eigenvalue weighted by atomic mass is 9.79. The summed E-state index contributed by atoms with van der Waals surface area (Å²) in [6.45, 7) is 4.75. The standard InChI is InChI=1S/C39H39Cl2N7O3/c1-47-18-25(19-48-21-39(22-48)15-34(50)44-20-39)27-9-10-31(46-38(27)47)30-5-3-4-28(35(30)40)29-12-13-43-37(36(29)41)23-6-7-24(32(14-23)51-2)16-42-17-26-8-11-33(49)45-26/h3-7,9-10,12-14,18,26,42H,8,11,15-17,19-22H2,1-2H3,(H,44,50)(H,45,49)/t26-/m0/s1. The van der Waals surface area contributed by atoms with Crippen LogP contribution in [-0.2, 0) is 29.7 Å². The average Bonchev–Trinajstić information content (AvgIpc) is 3.81. The number of aromatic nitrogens is 3. The molecule has 3 saturated heterocycles. The van der Waals surface area contributed by atoms with Crippen LogP contribution in [0.15, 0.2) is 67.0 Å². The number of carbonyl (C=O) groups is 2. The van der Waals surface area contributed by atoms with Gasteiger partial charge in [0, 0.05) is 116 Å². The summed E-state index contributed by atoms with van der Waals surface area (Å²) in [4.78, 5) is 35.4. The number of pyridine rings is 2. The topological polar surface area (TPSA) is 113 Å². The molecule has 0 bridgehead atoms. The molecule has 3 fully saturated rings. The highest BCUT2D eigenvalue weighted by Gasteiger charge is 2.47. The highest BCUT2D eigenvalue weighted by molar-refractivity contribution is 6.39. The molecule has 262 valence electrons. The van der Waals surface area contributed by atoms with E-state index in [1.807, 2.05) is 55.6 Å². The molecule has 12 heteroatoms. The van der Waals surface area contributed by atoms with Crippen LogP contribution in [0.4, 0.5) is 0 Å². The number of amides is 2. The van der Waals surface area contributed by atoms with Crippen molar-refractivity contribution in [3.8, 4) is 39.4 Å².